The molecule has 8 heteroatoms. The van der Waals surface area contributed by atoms with Crippen molar-refractivity contribution >= 4 is 0 Å². The zero-order chi connectivity index (χ0) is 18.1. The maximum absolute atomic E-state index is 11.7. The molecular formula is C18H18N4O4. The minimum atomic E-state index is -0.175. The van der Waals surface area contributed by atoms with Crippen LogP contribution in [0, 0.1) is 6.92 Å². The van der Waals surface area contributed by atoms with Gasteiger partial charge in [-0.05, 0) is 13.0 Å². The fourth-order valence-corrected chi connectivity index (χ4v) is 2.99. The molecule has 0 saturated carbocycles. The third-order valence-corrected chi connectivity index (χ3v) is 4.07. The van der Waals surface area contributed by atoms with Crippen LogP contribution in [0.15, 0.2) is 35.4 Å². The quantitative estimate of drug-likeness (QED) is 0.768. The van der Waals surface area contributed by atoms with Crippen molar-refractivity contribution in [2.24, 2.45) is 0 Å². The van der Waals surface area contributed by atoms with Gasteiger partial charge in [-0.2, -0.15) is 0 Å². The molecule has 0 atom stereocenters. The van der Waals surface area contributed by atoms with Crippen LogP contribution in [0.1, 0.15) is 11.5 Å². The molecule has 1 aliphatic heterocycles. The lowest BCUT2D eigenvalue weighted by Gasteiger charge is -2.21. The van der Waals surface area contributed by atoms with Crippen LogP contribution in [0.4, 0.5) is 0 Å². The second-order valence-corrected chi connectivity index (χ2v) is 5.90. The average Bonchev–Trinajstić information content (AvgIpc) is 3.07. The first-order valence-electron chi connectivity index (χ1n) is 8.20. The fourth-order valence-electron chi connectivity index (χ4n) is 2.99. The highest BCUT2D eigenvalue weighted by Crippen LogP contribution is 2.41. The van der Waals surface area contributed by atoms with Gasteiger partial charge in [0.15, 0.2) is 11.5 Å². The zero-order valence-corrected chi connectivity index (χ0v) is 14.5. The summed E-state index contributed by atoms with van der Waals surface area (Å²) in [5, 5.41) is 0. The molecule has 0 fully saturated rings. The summed E-state index contributed by atoms with van der Waals surface area (Å²) < 4.78 is 18.7. The number of aryl methyl sites for hydroxylation is 1. The number of benzene rings is 1. The van der Waals surface area contributed by atoms with Crippen molar-refractivity contribution in [2.75, 3.05) is 20.3 Å². The second-order valence-electron chi connectivity index (χ2n) is 5.90. The van der Waals surface area contributed by atoms with Gasteiger partial charge in [-0.1, -0.05) is 0 Å². The minimum Gasteiger partial charge on any atom is -0.496 e. The van der Waals surface area contributed by atoms with Crippen molar-refractivity contribution in [3.05, 3.63) is 52.5 Å². The first-order valence-corrected chi connectivity index (χ1v) is 8.20. The van der Waals surface area contributed by atoms with Gasteiger partial charge < -0.3 is 23.8 Å². The topological polar surface area (TPSA) is 91.3 Å². The van der Waals surface area contributed by atoms with E-state index in [4.69, 9.17) is 14.2 Å². The number of rotatable bonds is 4. The zero-order valence-electron chi connectivity index (χ0n) is 14.5. The van der Waals surface area contributed by atoms with Gasteiger partial charge in [-0.15, -0.1) is 0 Å². The van der Waals surface area contributed by atoms with Crippen molar-refractivity contribution in [1.29, 1.82) is 0 Å². The van der Waals surface area contributed by atoms with Gasteiger partial charge in [-0.3, -0.25) is 4.79 Å². The summed E-state index contributed by atoms with van der Waals surface area (Å²) in [6, 6.07) is 5.15. The van der Waals surface area contributed by atoms with Crippen LogP contribution < -0.4 is 19.8 Å². The molecular weight excluding hydrogens is 336 g/mol. The molecule has 0 amide bonds. The number of imidazole rings is 1. The van der Waals surface area contributed by atoms with Crippen LogP contribution in [0.25, 0.3) is 11.4 Å². The normalized spacial score (nSPS) is 12.8. The Labute approximate surface area is 149 Å². The third-order valence-electron chi connectivity index (χ3n) is 4.07. The van der Waals surface area contributed by atoms with E-state index in [9.17, 15) is 4.79 Å². The van der Waals surface area contributed by atoms with Crippen LogP contribution in [0.3, 0.4) is 0 Å². The molecule has 134 valence electrons. The van der Waals surface area contributed by atoms with Gasteiger partial charge in [-0.25, -0.2) is 9.97 Å². The van der Waals surface area contributed by atoms with Crippen molar-refractivity contribution < 1.29 is 14.2 Å². The molecule has 0 unspecified atom stereocenters. The van der Waals surface area contributed by atoms with Gasteiger partial charge >= 0.3 is 0 Å². The van der Waals surface area contributed by atoms with E-state index in [1.165, 1.54) is 6.07 Å². The predicted octanol–water partition coefficient (Wildman–Crippen LogP) is 1.77. The molecule has 1 aliphatic rings. The van der Waals surface area contributed by atoms with Crippen LogP contribution >= 0.6 is 0 Å². The van der Waals surface area contributed by atoms with Crippen molar-refractivity contribution in [3.63, 3.8) is 0 Å². The Hall–Kier alpha value is -3.29. The van der Waals surface area contributed by atoms with Gasteiger partial charge in [0.05, 0.1) is 24.9 Å². The van der Waals surface area contributed by atoms with E-state index < -0.39 is 0 Å². The smallest absolute Gasteiger partial charge is 0.251 e. The lowest BCUT2D eigenvalue weighted by atomic mass is 10.1. The molecule has 1 N–H and O–H groups in total. The first kappa shape index (κ1) is 16.2. The van der Waals surface area contributed by atoms with E-state index in [0.717, 1.165) is 5.56 Å². The fraction of sp³-hybridized carbons (Fsp3) is 0.278. The molecule has 0 spiro atoms. The number of ether oxygens (including phenoxy) is 3. The SMILES string of the molecule is COc1cc2c(cc1-c1nccn1Cc1cc(=O)[nH]c(C)n1)OCCO2. The predicted molar refractivity (Wildman–Crippen MR) is 93.9 cm³/mol. The van der Waals surface area contributed by atoms with Gasteiger partial charge in [0, 0.05) is 24.5 Å². The second kappa shape index (κ2) is 6.55. The molecule has 0 bridgehead atoms. The van der Waals surface area contributed by atoms with Crippen LogP contribution in [-0.2, 0) is 6.54 Å². The number of aromatic nitrogens is 4. The van der Waals surface area contributed by atoms with E-state index in [1.54, 1.807) is 26.3 Å². The summed E-state index contributed by atoms with van der Waals surface area (Å²) >= 11 is 0. The van der Waals surface area contributed by atoms with Crippen molar-refractivity contribution in [2.45, 2.75) is 13.5 Å². The molecule has 0 saturated heterocycles. The van der Waals surface area contributed by atoms with Gasteiger partial charge in [0.2, 0.25) is 0 Å². The summed E-state index contributed by atoms with van der Waals surface area (Å²) in [6.07, 6.45) is 3.54. The van der Waals surface area contributed by atoms with E-state index in [0.29, 0.717) is 54.3 Å². The summed E-state index contributed by atoms with van der Waals surface area (Å²) in [5.74, 6) is 3.22. The highest BCUT2D eigenvalue weighted by molar-refractivity contribution is 5.70. The lowest BCUT2D eigenvalue weighted by molar-refractivity contribution is 0.171. The lowest BCUT2D eigenvalue weighted by Crippen LogP contribution is -2.16. The van der Waals surface area contributed by atoms with Crippen LogP contribution in [-0.4, -0.2) is 39.8 Å². The Morgan fingerprint density at radius 1 is 1.23 bits per heavy atom. The first-order chi connectivity index (χ1) is 12.6. The molecule has 3 aromatic rings. The number of fused-ring (bicyclic) bond motifs is 1. The standard InChI is InChI=1S/C18H18N4O4/c1-11-20-12(7-17(23)21-11)10-22-4-3-19-18(22)13-8-15-16(9-14(13)24-2)26-6-5-25-15/h3-4,7-9H,5-6,10H2,1-2H3,(H,20,21,23). The Kier molecular flexibility index (Phi) is 4.08. The number of H-pyrrole nitrogens is 1. The molecule has 0 radical (unpaired) electrons. The number of nitrogens with zero attached hydrogens (tertiary/aromatic N) is 3. The van der Waals surface area contributed by atoms with Crippen molar-refractivity contribution in [1.82, 2.24) is 19.5 Å². The Morgan fingerprint density at radius 3 is 2.73 bits per heavy atom. The highest BCUT2D eigenvalue weighted by Gasteiger charge is 2.20. The van der Waals surface area contributed by atoms with E-state index >= 15 is 0 Å². The van der Waals surface area contributed by atoms with Crippen LogP contribution in [0.2, 0.25) is 0 Å². The molecule has 8 nitrogen and oxygen atoms in total. The number of nitrogens with one attached hydrogen (secondary N) is 1. The molecule has 2 aromatic heterocycles. The van der Waals surface area contributed by atoms with Gasteiger partial charge in [0.25, 0.3) is 5.56 Å². The van der Waals surface area contributed by atoms with Crippen molar-refractivity contribution in [3.8, 4) is 28.6 Å². The Balaban J connectivity index is 1.76. The average molecular weight is 354 g/mol. The molecule has 4 rings (SSSR count). The molecule has 3 heterocycles. The number of hydrogen-bond donors (Lipinski definition) is 1. The summed E-state index contributed by atoms with van der Waals surface area (Å²) in [4.78, 5) is 23.2. The number of aromatic amines is 1. The number of hydrogen-bond acceptors (Lipinski definition) is 6. The third kappa shape index (κ3) is 3.01. The summed E-state index contributed by atoms with van der Waals surface area (Å²) in [6.45, 7) is 3.18. The molecule has 0 aliphatic carbocycles. The highest BCUT2D eigenvalue weighted by atomic mass is 16.6. The maximum atomic E-state index is 11.7. The Bertz CT molecular complexity index is 1010. The van der Waals surface area contributed by atoms with E-state index in [-0.39, 0.29) is 5.56 Å². The summed E-state index contributed by atoms with van der Waals surface area (Å²) in [7, 11) is 1.60. The van der Waals surface area contributed by atoms with Gasteiger partial charge in [0.1, 0.15) is 30.6 Å². The summed E-state index contributed by atoms with van der Waals surface area (Å²) in [5.41, 5.74) is 1.26. The van der Waals surface area contributed by atoms with Crippen LogP contribution in [0.5, 0.6) is 17.2 Å². The monoisotopic (exact) mass is 354 g/mol. The molecule has 1 aromatic carbocycles. The Morgan fingerprint density at radius 2 is 2.00 bits per heavy atom. The minimum absolute atomic E-state index is 0.175. The largest absolute Gasteiger partial charge is 0.496 e. The van der Waals surface area contributed by atoms with E-state index in [2.05, 4.69) is 15.0 Å². The molecule has 26 heavy (non-hydrogen) atoms. The number of methoxy groups -OCH3 is 1. The maximum Gasteiger partial charge on any atom is 0.251 e. The van der Waals surface area contributed by atoms with E-state index in [1.807, 2.05) is 16.8 Å².